The molecule has 0 spiro atoms. The van der Waals surface area contributed by atoms with Crippen molar-refractivity contribution < 1.29 is 19.1 Å². The molecule has 2 unspecified atom stereocenters. The van der Waals surface area contributed by atoms with Gasteiger partial charge in [-0.2, -0.15) is 9.59 Å². The van der Waals surface area contributed by atoms with Crippen LogP contribution in [0.2, 0.25) is 5.02 Å². The van der Waals surface area contributed by atoms with E-state index in [9.17, 15) is 4.79 Å². The standard InChI is InChI=1S/C15H17ClO2.CO2/c1-3-11-12-13(14(17)18-4-2)15(11,12)9-5-7-10(16)8-6-9;2-1-3/h5-8,11-13H,3-4H2,1-2H3;/t11-,12?,13+,15?;/m1./s1. The van der Waals surface area contributed by atoms with Crippen LogP contribution in [-0.4, -0.2) is 18.7 Å². The first kappa shape index (κ1) is 15.7. The predicted octanol–water partition coefficient (Wildman–Crippen LogP) is 2.84. The summed E-state index contributed by atoms with van der Waals surface area (Å²) in [5.41, 5.74) is 1.33. The lowest BCUT2D eigenvalue weighted by Gasteiger charge is -2.17. The van der Waals surface area contributed by atoms with Crippen LogP contribution >= 0.6 is 11.6 Å². The molecule has 0 N–H and O–H groups in total. The number of rotatable bonds is 4. The highest BCUT2D eigenvalue weighted by atomic mass is 35.5. The number of hydrogen-bond acceptors (Lipinski definition) is 4. The van der Waals surface area contributed by atoms with Gasteiger partial charge in [0.05, 0.1) is 12.5 Å². The fourth-order valence-electron chi connectivity index (χ4n) is 3.78. The van der Waals surface area contributed by atoms with E-state index in [1.807, 2.05) is 19.1 Å². The van der Waals surface area contributed by atoms with Crippen LogP contribution in [0.25, 0.3) is 0 Å². The van der Waals surface area contributed by atoms with E-state index in [1.54, 1.807) is 0 Å². The number of benzene rings is 1. The first-order valence-electron chi connectivity index (χ1n) is 7.01. The predicted molar refractivity (Wildman–Crippen MR) is 75.5 cm³/mol. The number of esters is 1. The van der Waals surface area contributed by atoms with Crippen molar-refractivity contribution in [1.82, 2.24) is 0 Å². The number of carbonyl (C=O) groups is 1. The van der Waals surface area contributed by atoms with Gasteiger partial charge in [-0.3, -0.25) is 4.79 Å². The van der Waals surface area contributed by atoms with Crippen molar-refractivity contribution in [2.45, 2.75) is 25.7 Å². The SMILES string of the molecule is CCOC(=O)[C@@H]1C2[C@@H](CC)C21c1ccc(Cl)cc1.O=C=O. The summed E-state index contributed by atoms with van der Waals surface area (Å²) in [5, 5.41) is 0.744. The molecule has 2 aliphatic rings. The molecule has 4 nitrogen and oxygen atoms in total. The molecular weight excluding hydrogens is 292 g/mol. The Labute approximate surface area is 128 Å². The molecular formula is C16H17ClO4. The Balaban J connectivity index is 0.000000497. The van der Waals surface area contributed by atoms with Crippen LogP contribution in [0.3, 0.4) is 0 Å². The molecule has 1 aromatic rings. The van der Waals surface area contributed by atoms with Crippen LogP contribution in [0.4, 0.5) is 0 Å². The molecule has 0 aromatic heterocycles. The molecule has 21 heavy (non-hydrogen) atoms. The lowest BCUT2D eigenvalue weighted by atomic mass is 9.88. The van der Waals surface area contributed by atoms with E-state index in [1.165, 1.54) is 5.56 Å². The average Bonchev–Trinajstić information content (AvgIpc) is 3.29. The first-order chi connectivity index (χ1) is 10.1. The van der Waals surface area contributed by atoms with Crippen LogP contribution in [0.1, 0.15) is 25.8 Å². The van der Waals surface area contributed by atoms with Gasteiger partial charge in [0.25, 0.3) is 0 Å². The van der Waals surface area contributed by atoms with E-state index >= 15 is 0 Å². The Hall–Kier alpha value is -1.64. The molecule has 2 aliphatic carbocycles. The quantitative estimate of drug-likeness (QED) is 0.802. The highest BCUT2D eigenvalue weighted by molar-refractivity contribution is 6.30. The zero-order valence-corrected chi connectivity index (χ0v) is 12.7. The molecule has 3 rings (SSSR count). The van der Waals surface area contributed by atoms with E-state index in [0.29, 0.717) is 18.4 Å². The third kappa shape index (κ3) is 2.39. The van der Waals surface area contributed by atoms with Crippen molar-refractivity contribution in [3.63, 3.8) is 0 Å². The van der Waals surface area contributed by atoms with Gasteiger partial charge in [-0.15, -0.1) is 0 Å². The molecule has 2 saturated carbocycles. The maximum atomic E-state index is 11.9. The van der Waals surface area contributed by atoms with Crippen LogP contribution in [0.5, 0.6) is 0 Å². The van der Waals surface area contributed by atoms with Crippen molar-refractivity contribution in [3.05, 3.63) is 34.9 Å². The molecule has 112 valence electrons. The molecule has 4 atom stereocenters. The highest BCUT2D eigenvalue weighted by Crippen LogP contribution is 2.85. The third-order valence-corrected chi connectivity index (χ3v) is 4.83. The summed E-state index contributed by atoms with van der Waals surface area (Å²) in [6.45, 7) is 4.52. The Morgan fingerprint density at radius 2 is 1.86 bits per heavy atom. The Kier molecular flexibility index (Phi) is 4.50. The summed E-state index contributed by atoms with van der Waals surface area (Å²) in [6, 6.07) is 7.94. The Bertz CT molecular complexity index is 562. The Morgan fingerprint density at radius 1 is 1.29 bits per heavy atom. The lowest BCUT2D eigenvalue weighted by Crippen LogP contribution is -2.22. The van der Waals surface area contributed by atoms with Gasteiger partial charge in [-0.25, -0.2) is 0 Å². The van der Waals surface area contributed by atoms with Gasteiger partial charge >= 0.3 is 12.1 Å². The van der Waals surface area contributed by atoms with Crippen molar-refractivity contribution in [2.24, 2.45) is 17.8 Å². The van der Waals surface area contributed by atoms with Crippen LogP contribution in [-0.2, 0) is 24.5 Å². The molecule has 0 aliphatic heterocycles. The maximum Gasteiger partial charge on any atom is 0.373 e. The number of carbonyl (C=O) groups excluding carboxylic acids is 3. The molecule has 1 aromatic carbocycles. The van der Waals surface area contributed by atoms with Crippen molar-refractivity contribution >= 4 is 23.7 Å². The summed E-state index contributed by atoms with van der Waals surface area (Å²) in [5.74, 6) is 1.21. The van der Waals surface area contributed by atoms with Gasteiger partial charge in [0.2, 0.25) is 0 Å². The summed E-state index contributed by atoms with van der Waals surface area (Å²) >= 11 is 5.92. The van der Waals surface area contributed by atoms with Gasteiger partial charge in [-0.05, 0) is 36.5 Å². The summed E-state index contributed by atoms with van der Waals surface area (Å²) in [7, 11) is 0. The topological polar surface area (TPSA) is 60.4 Å². The van der Waals surface area contributed by atoms with E-state index in [4.69, 9.17) is 25.9 Å². The minimum atomic E-state index is -0.0258. The van der Waals surface area contributed by atoms with Crippen LogP contribution < -0.4 is 0 Å². The zero-order chi connectivity index (χ0) is 15.6. The molecule has 0 amide bonds. The molecule has 0 saturated heterocycles. The number of ether oxygens (including phenoxy) is 1. The highest BCUT2D eigenvalue weighted by Gasteiger charge is 2.88. The van der Waals surface area contributed by atoms with Gasteiger partial charge in [-0.1, -0.05) is 37.1 Å². The number of hydrogen-bond donors (Lipinski definition) is 0. The third-order valence-electron chi connectivity index (χ3n) is 4.58. The van der Waals surface area contributed by atoms with Gasteiger partial charge in [0.1, 0.15) is 0 Å². The number of halogens is 1. The monoisotopic (exact) mass is 308 g/mol. The minimum Gasteiger partial charge on any atom is -0.466 e. The normalized spacial score (nSPS) is 31.1. The molecule has 0 heterocycles. The van der Waals surface area contributed by atoms with Crippen molar-refractivity contribution in [1.29, 1.82) is 0 Å². The van der Waals surface area contributed by atoms with Gasteiger partial charge in [0, 0.05) is 10.4 Å². The van der Waals surface area contributed by atoms with E-state index < -0.39 is 0 Å². The molecule has 5 heteroatoms. The van der Waals surface area contributed by atoms with Crippen LogP contribution in [0, 0.1) is 17.8 Å². The van der Waals surface area contributed by atoms with Crippen molar-refractivity contribution in [3.8, 4) is 0 Å². The minimum absolute atomic E-state index is 0.0258. The maximum absolute atomic E-state index is 11.9. The molecule has 0 radical (unpaired) electrons. The summed E-state index contributed by atoms with van der Waals surface area (Å²) in [4.78, 5) is 28.2. The number of fused-ring (bicyclic) bond motifs is 1. The van der Waals surface area contributed by atoms with Crippen molar-refractivity contribution in [2.75, 3.05) is 6.61 Å². The smallest absolute Gasteiger partial charge is 0.373 e. The lowest BCUT2D eigenvalue weighted by molar-refractivity contribution is -0.191. The second-order valence-corrected chi connectivity index (χ2v) is 5.73. The van der Waals surface area contributed by atoms with Gasteiger partial charge < -0.3 is 4.74 Å². The largest absolute Gasteiger partial charge is 0.466 e. The Morgan fingerprint density at radius 3 is 2.33 bits per heavy atom. The van der Waals surface area contributed by atoms with Gasteiger partial charge in [0.15, 0.2) is 0 Å². The second kappa shape index (κ2) is 6.00. The first-order valence-corrected chi connectivity index (χ1v) is 7.39. The average molecular weight is 309 g/mol. The van der Waals surface area contributed by atoms with E-state index in [-0.39, 0.29) is 23.5 Å². The zero-order valence-electron chi connectivity index (χ0n) is 12.0. The molecule has 2 fully saturated rings. The van der Waals surface area contributed by atoms with Crippen LogP contribution in [0.15, 0.2) is 24.3 Å². The summed E-state index contributed by atoms with van der Waals surface area (Å²) in [6.07, 6.45) is 1.38. The fourth-order valence-corrected chi connectivity index (χ4v) is 3.91. The molecule has 0 bridgehead atoms. The fraction of sp³-hybridized carbons (Fsp3) is 0.500. The van der Waals surface area contributed by atoms with E-state index in [2.05, 4.69) is 19.1 Å². The second-order valence-electron chi connectivity index (χ2n) is 5.29. The summed E-state index contributed by atoms with van der Waals surface area (Å²) < 4.78 is 5.16. The van der Waals surface area contributed by atoms with E-state index in [0.717, 1.165) is 11.4 Å².